The van der Waals surface area contributed by atoms with Crippen LogP contribution in [-0.2, 0) is 5.60 Å². The summed E-state index contributed by atoms with van der Waals surface area (Å²) in [5.41, 5.74) is 0.538. The van der Waals surface area contributed by atoms with Gasteiger partial charge < -0.3 is 9.84 Å². The molecule has 4 bridgehead atoms. The number of rotatable bonds is 3. The lowest BCUT2D eigenvalue weighted by atomic mass is 9.48. The summed E-state index contributed by atoms with van der Waals surface area (Å²) in [6.45, 7) is 4.08. The van der Waals surface area contributed by atoms with E-state index in [1.54, 1.807) is 0 Å². The van der Waals surface area contributed by atoms with Crippen molar-refractivity contribution in [2.24, 2.45) is 23.7 Å². The molecule has 114 valence electrons. The van der Waals surface area contributed by atoms with Crippen LogP contribution in [0.4, 0.5) is 0 Å². The van der Waals surface area contributed by atoms with Crippen molar-refractivity contribution < 1.29 is 9.84 Å². The highest BCUT2D eigenvalue weighted by Gasteiger charge is 2.57. The molecule has 0 saturated heterocycles. The van der Waals surface area contributed by atoms with Gasteiger partial charge in [0.05, 0.1) is 11.7 Å². The fraction of sp³-hybridized carbons (Fsp3) is 0.684. The molecule has 4 saturated carbocycles. The Morgan fingerprint density at radius 2 is 1.48 bits per heavy atom. The van der Waals surface area contributed by atoms with Crippen molar-refractivity contribution in [1.82, 2.24) is 0 Å². The fourth-order valence-corrected chi connectivity index (χ4v) is 5.45. The molecule has 4 aliphatic carbocycles. The quantitative estimate of drug-likeness (QED) is 0.905. The van der Waals surface area contributed by atoms with E-state index in [1.807, 2.05) is 26.0 Å². The maximum Gasteiger partial charge on any atom is 0.119 e. The van der Waals surface area contributed by atoms with Crippen molar-refractivity contribution >= 4 is 0 Å². The zero-order valence-corrected chi connectivity index (χ0v) is 13.1. The summed E-state index contributed by atoms with van der Waals surface area (Å²) in [5, 5.41) is 11.5. The third-order valence-corrected chi connectivity index (χ3v) is 6.07. The largest absolute Gasteiger partial charge is 0.491 e. The fourth-order valence-electron chi connectivity index (χ4n) is 5.45. The summed E-state index contributed by atoms with van der Waals surface area (Å²) in [7, 11) is 0. The van der Waals surface area contributed by atoms with Crippen molar-refractivity contribution in [3.63, 3.8) is 0 Å². The second-order valence-electron chi connectivity index (χ2n) is 7.82. The molecule has 4 fully saturated rings. The van der Waals surface area contributed by atoms with E-state index in [0.29, 0.717) is 11.8 Å². The van der Waals surface area contributed by atoms with Gasteiger partial charge in [-0.2, -0.15) is 0 Å². The third-order valence-electron chi connectivity index (χ3n) is 6.07. The molecule has 0 spiro atoms. The van der Waals surface area contributed by atoms with Crippen molar-refractivity contribution in [3.05, 3.63) is 29.8 Å². The van der Waals surface area contributed by atoms with Crippen LogP contribution in [0.15, 0.2) is 24.3 Å². The topological polar surface area (TPSA) is 29.5 Å². The van der Waals surface area contributed by atoms with Gasteiger partial charge in [0.1, 0.15) is 5.75 Å². The van der Waals surface area contributed by atoms with Gasteiger partial charge in [-0.05, 0) is 87.3 Å². The van der Waals surface area contributed by atoms with Gasteiger partial charge in [0, 0.05) is 0 Å². The number of benzene rings is 1. The minimum absolute atomic E-state index is 0.195. The van der Waals surface area contributed by atoms with Gasteiger partial charge in [0.2, 0.25) is 0 Å². The van der Waals surface area contributed by atoms with E-state index in [0.717, 1.165) is 23.1 Å². The van der Waals surface area contributed by atoms with Crippen LogP contribution in [0.5, 0.6) is 5.75 Å². The maximum atomic E-state index is 11.5. The Balaban J connectivity index is 1.63. The highest BCUT2D eigenvalue weighted by atomic mass is 16.5. The lowest BCUT2D eigenvalue weighted by molar-refractivity contribution is -0.179. The van der Waals surface area contributed by atoms with Crippen LogP contribution >= 0.6 is 0 Å². The molecule has 0 radical (unpaired) electrons. The Bertz CT molecular complexity index is 489. The molecule has 2 heteroatoms. The second kappa shape index (κ2) is 4.74. The van der Waals surface area contributed by atoms with Crippen molar-refractivity contribution in [2.45, 2.75) is 57.7 Å². The molecule has 1 N–H and O–H groups in total. The Morgan fingerprint density at radius 3 is 1.95 bits per heavy atom. The number of hydrogen-bond acceptors (Lipinski definition) is 2. The van der Waals surface area contributed by atoms with Gasteiger partial charge in [0.15, 0.2) is 0 Å². The van der Waals surface area contributed by atoms with Gasteiger partial charge >= 0.3 is 0 Å². The average Bonchev–Trinajstić information content (AvgIpc) is 2.44. The molecular weight excluding hydrogens is 260 g/mol. The molecule has 0 unspecified atom stereocenters. The Kier molecular flexibility index (Phi) is 3.08. The second-order valence-corrected chi connectivity index (χ2v) is 7.82. The predicted octanol–water partition coefficient (Wildman–Crippen LogP) is 4.12. The highest BCUT2D eigenvalue weighted by Crippen LogP contribution is 2.61. The lowest BCUT2D eigenvalue weighted by Gasteiger charge is -2.59. The summed E-state index contributed by atoms with van der Waals surface area (Å²) in [6.07, 6.45) is 6.54. The molecule has 0 amide bonds. The molecule has 21 heavy (non-hydrogen) atoms. The van der Waals surface area contributed by atoms with Crippen LogP contribution in [0.1, 0.15) is 51.5 Å². The van der Waals surface area contributed by atoms with E-state index in [2.05, 4.69) is 12.1 Å². The predicted molar refractivity (Wildman–Crippen MR) is 83.1 cm³/mol. The van der Waals surface area contributed by atoms with Crippen LogP contribution in [0.25, 0.3) is 0 Å². The number of ether oxygens (including phenoxy) is 1. The van der Waals surface area contributed by atoms with Gasteiger partial charge in [-0.15, -0.1) is 0 Å². The third kappa shape index (κ3) is 2.11. The first-order valence-electron chi connectivity index (χ1n) is 8.55. The standard InChI is InChI=1S/C19H26O2/c1-12(2)21-18-5-3-15(4-6-18)19(20)16-8-13-7-14(10-16)11-17(19)9-13/h3-6,12-14,16-17,20H,7-11H2,1-2H3. The van der Waals surface area contributed by atoms with Crippen LogP contribution in [0, 0.1) is 23.7 Å². The smallest absolute Gasteiger partial charge is 0.119 e. The first-order chi connectivity index (χ1) is 10.1. The summed E-state index contributed by atoms with van der Waals surface area (Å²) in [6, 6.07) is 8.25. The minimum Gasteiger partial charge on any atom is -0.491 e. The van der Waals surface area contributed by atoms with E-state index in [-0.39, 0.29) is 6.10 Å². The van der Waals surface area contributed by atoms with Crippen molar-refractivity contribution in [3.8, 4) is 5.75 Å². The number of hydrogen-bond donors (Lipinski definition) is 1. The molecule has 4 aliphatic rings. The zero-order valence-electron chi connectivity index (χ0n) is 13.1. The normalized spacial score (nSPS) is 40.8. The Labute approximate surface area is 127 Å². The van der Waals surface area contributed by atoms with Crippen molar-refractivity contribution in [2.75, 3.05) is 0 Å². The summed E-state index contributed by atoms with van der Waals surface area (Å²) in [5.74, 6) is 3.63. The minimum atomic E-state index is -0.580. The van der Waals surface area contributed by atoms with Crippen LogP contribution in [0.2, 0.25) is 0 Å². The van der Waals surface area contributed by atoms with Crippen molar-refractivity contribution in [1.29, 1.82) is 0 Å². The van der Waals surface area contributed by atoms with Gasteiger partial charge in [-0.3, -0.25) is 0 Å². The maximum absolute atomic E-state index is 11.5. The summed E-state index contributed by atoms with van der Waals surface area (Å²) < 4.78 is 5.73. The first kappa shape index (κ1) is 13.6. The van der Waals surface area contributed by atoms with Crippen LogP contribution < -0.4 is 4.74 Å². The van der Waals surface area contributed by atoms with E-state index in [4.69, 9.17) is 4.74 Å². The average molecular weight is 286 g/mol. The molecule has 2 nitrogen and oxygen atoms in total. The Morgan fingerprint density at radius 1 is 0.952 bits per heavy atom. The van der Waals surface area contributed by atoms with E-state index in [9.17, 15) is 5.11 Å². The molecule has 0 heterocycles. The van der Waals surface area contributed by atoms with E-state index >= 15 is 0 Å². The molecular formula is C19H26O2. The van der Waals surface area contributed by atoms with E-state index in [1.165, 1.54) is 32.1 Å². The highest BCUT2D eigenvalue weighted by molar-refractivity contribution is 5.33. The lowest BCUT2D eigenvalue weighted by Crippen LogP contribution is -2.55. The Hall–Kier alpha value is -1.02. The molecule has 1 aromatic carbocycles. The summed E-state index contributed by atoms with van der Waals surface area (Å²) in [4.78, 5) is 0. The molecule has 0 aromatic heterocycles. The molecule has 0 aliphatic heterocycles. The molecule has 0 atom stereocenters. The van der Waals surface area contributed by atoms with Gasteiger partial charge in [0.25, 0.3) is 0 Å². The van der Waals surface area contributed by atoms with Crippen LogP contribution in [-0.4, -0.2) is 11.2 Å². The van der Waals surface area contributed by atoms with Gasteiger partial charge in [-0.25, -0.2) is 0 Å². The monoisotopic (exact) mass is 286 g/mol. The number of aliphatic hydroxyl groups is 1. The zero-order chi connectivity index (χ0) is 14.6. The summed E-state index contributed by atoms with van der Waals surface area (Å²) >= 11 is 0. The van der Waals surface area contributed by atoms with E-state index < -0.39 is 5.60 Å². The van der Waals surface area contributed by atoms with Gasteiger partial charge in [-0.1, -0.05) is 12.1 Å². The molecule has 5 rings (SSSR count). The first-order valence-corrected chi connectivity index (χ1v) is 8.55. The SMILES string of the molecule is CC(C)Oc1ccc(C2(O)C3CC4CC(C3)CC2C4)cc1. The molecule has 1 aromatic rings. The van der Waals surface area contributed by atoms with Crippen LogP contribution in [0.3, 0.4) is 0 Å².